The molecule has 0 aliphatic carbocycles. The van der Waals surface area contributed by atoms with Crippen LogP contribution in [0, 0.1) is 0 Å². The zero-order valence-electron chi connectivity index (χ0n) is 18.1. The number of sulfonamides is 1. The molecule has 1 atom stereocenters. The highest BCUT2D eigenvalue weighted by atomic mass is 35.5. The van der Waals surface area contributed by atoms with Crippen molar-refractivity contribution < 1.29 is 22.7 Å². The van der Waals surface area contributed by atoms with Crippen LogP contribution >= 0.6 is 23.2 Å². The van der Waals surface area contributed by atoms with E-state index in [0.717, 1.165) is 16.1 Å². The molecule has 2 aromatic carbocycles. The molecular weight excluding hydrogens is 477 g/mol. The highest BCUT2D eigenvalue weighted by Crippen LogP contribution is 2.28. The molecule has 0 spiro atoms. The molecule has 0 fully saturated rings. The van der Waals surface area contributed by atoms with Crippen molar-refractivity contribution in [2.24, 2.45) is 0 Å². The molecule has 0 saturated heterocycles. The summed E-state index contributed by atoms with van der Waals surface area (Å²) in [4.78, 5) is 26.9. The minimum atomic E-state index is -3.84. The number of amides is 2. The number of halogens is 2. The van der Waals surface area contributed by atoms with E-state index < -0.39 is 28.5 Å². The van der Waals surface area contributed by atoms with Gasteiger partial charge in [-0.25, -0.2) is 8.42 Å². The van der Waals surface area contributed by atoms with Gasteiger partial charge in [-0.3, -0.25) is 13.9 Å². The molecular formula is C21H25Cl2N3O5S. The zero-order valence-corrected chi connectivity index (χ0v) is 20.5. The van der Waals surface area contributed by atoms with E-state index in [9.17, 15) is 18.0 Å². The van der Waals surface area contributed by atoms with Gasteiger partial charge in [0.25, 0.3) is 0 Å². The van der Waals surface area contributed by atoms with E-state index in [1.807, 2.05) is 0 Å². The molecule has 0 radical (unpaired) electrons. The van der Waals surface area contributed by atoms with Crippen LogP contribution in [0.5, 0.6) is 5.75 Å². The number of hydrogen-bond acceptors (Lipinski definition) is 5. The molecule has 0 bridgehead atoms. The Hall–Kier alpha value is -2.49. The quantitative estimate of drug-likeness (QED) is 0.569. The second-order valence-corrected chi connectivity index (χ2v) is 9.75. The third-order valence-electron chi connectivity index (χ3n) is 4.80. The summed E-state index contributed by atoms with van der Waals surface area (Å²) in [5.74, 6) is -0.297. The van der Waals surface area contributed by atoms with E-state index in [1.165, 1.54) is 30.1 Å². The second kappa shape index (κ2) is 10.9. The Morgan fingerprint density at radius 2 is 1.72 bits per heavy atom. The van der Waals surface area contributed by atoms with E-state index in [1.54, 1.807) is 38.3 Å². The fraction of sp³-hybridized carbons (Fsp3) is 0.333. The Kier molecular flexibility index (Phi) is 8.77. The number of methoxy groups -OCH3 is 1. The third-order valence-corrected chi connectivity index (χ3v) is 6.68. The van der Waals surface area contributed by atoms with Gasteiger partial charge in [-0.2, -0.15) is 0 Å². The minimum absolute atomic E-state index is 0.0936. The summed E-state index contributed by atoms with van der Waals surface area (Å²) in [6.45, 7) is 1.15. The topological polar surface area (TPSA) is 96.0 Å². The lowest BCUT2D eigenvalue weighted by molar-refractivity contribution is -0.139. The van der Waals surface area contributed by atoms with Crippen LogP contribution in [0.3, 0.4) is 0 Å². The third kappa shape index (κ3) is 6.51. The van der Waals surface area contributed by atoms with Crippen LogP contribution in [0.2, 0.25) is 10.0 Å². The van der Waals surface area contributed by atoms with Gasteiger partial charge in [0.15, 0.2) is 0 Å². The highest BCUT2D eigenvalue weighted by molar-refractivity contribution is 7.92. The molecule has 0 aromatic heterocycles. The van der Waals surface area contributed by atoms with E-state index in [4.69, 9.17) is 27.9 Å². The molecule has 0 heterocycles. The van der Waals surface area contributed by atoms with E-state index >= 15 is 0 Å². The number of likely N-dealkylation sites (N-methyl/N-ethyl adjacent to an activating group) is 1. The summed E-state index contributed by atoms with van der Waals surface area (Å²) in [5.41, 5.74) is 0.933. The lowest BCUT2D eigenvalue weighted by Crippen LogP contribution is -2.50. The Morgan fingerprint density at radius 1 is 1.09 bits per heavy atom. The van der Waals surface area contributed by atoms with Gasteiger partial charge in [-0.15, -0.1) is 0 Å². The lowest BCUT2D eigenvalue weighted by atomic mass is 10.1. The number of benzene rings is 2. The molecule has 2 aromatic rings. The number of rotatable bonds is 9. The summed E-state index contributed by atoms with van der Waals surface area (Å²) in [6.07, 6.45) is 0.985. The highest BCUT2D eigenvalue weighted by Gasteiger charge is 2.29. The number of carbonyl (C=O) groups excluding carboxylic acids is 2. The number of carbonyl (C=O) groups is 2. The van der Waals surface area contributed by atoms with Crippen LogP contribution in [-0.2, 0) is 26.2 Å². The van der Waals surface area contributed by atoms with Gasteiger partial charge in [-0.05, 0) is 42.8 Å². The first-order valence-electron chi connectivity index (χ1n) is 9.54. The predicted octanol–water partition coefficient (Wildman–Crippen LogP) is 2.93. The van der Waals surface area contributed by atoms with Gasteiger partial charge in [0.1, 0.15) is 18.3 Å². The van der Waals surface area contributed by atoms with E-state index in [0.29, 0.717) is 5.75 Å². The molecule has 11 heteroatoms. The van der Waals surface area contributed by atoms with Gasteiger partial charge in [0.05, 0.1) is 29.1 Å². The van der Waals surface area contributed by atoms with Crippen molar-refractivity contribution in [3.8, 4) is 5.75 Å². The SMILES string of the molecule is CNC(=O)[C@H](C)N(Cc1ccc(OC)cc1)C(=O)CN(c1ccc(Cl)c(Cl)c1)S(C)(=O)=O. The van der Waals surface area contributed by atoms with Gasteiger partial charge in [-0.1, -0.05) is 35.3 Å². The standard InChI is InChI=1S/C21H25Cl2N3O5S/c1-14(21(28)24-2)25(12-15-5-8-17(31-3)9-6-15)20(27)13-26(32(4,29)30)16-7-10-18(22)19(23)11-16/h5-11,14H,12-13H2,1-4H3,(H,24,28)/t14-/m0/s1. The minimum Gasteiger partial charge on any atom is -0.497 e. The molecule has 32 heavy (non-hydrogen) atoms. The fourth-order valence-corrected chi connectivity index (χ4v) is 4.11. The molecule has 1 N–H and O–H groups in total. The molecule has 0 unspecified atom stereocenters. The van der Waals surface area contributed by atoms with Crippen molar-refractivity contribution in [1.82, 2.24) is 10.2 Å². The molecule has 8 nitrogen and oxygen atoms in total. The lowest BCUT2D eigenvalue weighted by Gasteiger charge is -2.31. The fourth-order valence-electron chi connectivity index (χ4n) is 2.97. The van der Waals surface area contributed by atoms with Gasteiger partial charge in [0, 0.05) is 13.6 Å². The Morgan fingerprint density at radius 3 is 2.22 bits per heavy atom. The van der Waals surface area contributed by atoms with Gasteiger partial charge >= 0.3 is 0 Å². The van der Waals surface area contributed by atoms with Crippen LogP contribution in [0.15, 0.2) is 42.5 Å². The van der Waals surface area contributed by atoms with E-state index in [-0.39, 0.29) is 28.2 Å². The molecule has 0 aliphatic rings. The predicted molar refractivity (Wildman–Crippen MR) is 126 cm³/mol. The molecule has 174 valence electrons. The zero-order chi connectivity index (χ0) is 24.1. The summed E-state index contributed by atoms with van der Waals surface area (Å²) >= 11 is 12.0. The van der Waals surface area contributed by atoms with Crippen molar-refractivity contribution in [3.05, 3.63) is 58.1 Å². The van der Waals surface area contributed by atoms with Crippen molar-refractivity contribution in [2.45, 2.75) is 19.5 Å². The Bertz CT molecular complexity index is 1080. The summed E-state index contributed by atoms with van der Waals surface area (Å²) in [6, 6.07) is 10.4. The monoisotopic (exact) mass is 501 g/mol. The van der Waals surface area contributed by atoms with Crippen LogP contribution in [0.25, 0.3) is 0 Å². The molecule has 2 rings (SSSR count). The summed E-state index contributed by atoms with van der Waals surface area (Å²) in [5, 5.41) is 2.92. The first-order chi connectivity index (χ1) is 15.0. The second-order valence-electron chi connectivity index (χ2n) is 7.03. The number of ether oxygens (including phenoxy) is 1. The maximum absolute atomic E-state index is 13.3. The summed E-state index contributed by atoms with van der Waals surface area (Å²) in [7, 11) is -0.834. The van der Waals surface area contributed by atoms with E-state index in [2.05, 4.69) is 5.32 Å². The largest absolute Gasteiger partial charge is 0.497 e. The maximum atomic E-state index is 13.3. The van der Waals surface area contributed by atoms with Crippen molar-refractivity contribution in [1.29, 1.82) is 0 Å². The first-order valence-corrected chi connectivity index (χ1v) is 12.1. The van der Waals surface area contributed by atoms with Crippen molar-refractivity contribution in [3.63, 3.8) is 0 Å². The number of hydrogen-bond donors (Lipinski definition) is 1. The summed E-state index contributed by atoms with van der Waals surface area (Å²) < 4.78 is 31.0. The molecule has 2 amide bonds. The van der Waals surface area contributed by atoms with Gasteiger partial charge in [0.2, 0.25) is 21.8 Å². The number of nitrogens with one attached hydrogen (secondary N) is 1. The van der Waals surface area contributed by atoms with Crippen LogP contribution < -0.4 is 14.4 Å². The normalized spacial score (nSPS) is 12.1. The van der Waals surface area contributed by atoms with Gasteiger partial charge < -0.3 is 15.0 Å². The first kappa shape index (κ1) is 25.8. The molecule has 0 aliphatic heterocycles. The van der Waals surface area contributed by atoms with Crippen LogP contribution in [0.4, 0.5) is 5.69 Å². The Labute approximate surface area is 198 Å². The van der Waals surface area contributed by atoms with Crippen molar-refractivity contribution >= 4 is 50.7 Å². The average Bonchev–Trinajstić information content (AvgIpc) is 2.76. The molecule has 0 saturated carbocycles. The number of anilines is 1. The van der Waals surface area contributed by atoms with Crippen LogP contribution in [0.1, 0.15) is 12.5 Å². The average molecular weight is 502 g/mol. The smallest absolute Gasteiger partial charge is 0.244 e. The van der Waals surface area contributed by atoms with Crippen molar-refractivity contribution in [2.75, 3.05) is 31.3 Å². The van der Waals surface area contributed by atoms with Crippen LogP contribution in [-0.4, -0.2) is 58.1 Å². The maximum Gasteiger partial charge on any atom is 0.244 e. The number of nitrogens with zero attached hydrogens (tertiary/aromatic N) is 2. The Balaban J connectivity index is 2.38.